The van der Waals surface area contributed by atoms with E-state index in [1.807, 2.05) is 0 Å². The zero-order valence-corrected chi connectivity index (χ0v) is 22.6. The van der Waals surface area contributed by atoms with Crippen LogP contribution in [0.25, 0.3) is 17.1 Å². The summed E-state index contributed by atoms with van der Waals surface area (Å²) in [6.07, 6.45) is 4.99. The van der Waals surface area contributed by atoms with Gasteiger partial charge in [0, 0.05) is 37.0 Å². The van der Waals surface area contributed by atoms with Crippen LogP contribution in [0.4, 0.5) is 5.95 Å². The molecular weight excluding hydrogens is 534 g/mol. The predicted molar refractivity (Wildman–Crippen MR) is 141 cm³/mol. The van der Waals surface area contributed by atoms with Gasteiger partial charge in [-0.2, -0.15) is 0 Å². The molecule has 38 heavy (non-hydrogen) atoms. The average Bonchev–Trinajstić information content (AvgIpc) is 3.34. The molecule has 14 heteroatoms. The van der Waals surface area contributed by atoms with E-state index in [2.05, 4.69) is 29.9 Å². The fraction of sp³-hybridized carbons (Fsp3) is 0.292. The maximum absolute atomic E-state index is 13.7. The van der Waals surface area contributed by atoms with Crippen LogP contribution < -0.4 is 14.2 Å². The predicted octanol–water partition coefficient (Wildman–Crippen LogP) is 3.70. The van der Waals surface area contributed by atoms with Crippen LogP contribution in [0.3, 0.4) is 0 Å². The number of nitrogens with one attached hydrogen (secondary N) is 1. The maximum Gasteiger partial charge on any atom is 0.243 e. The molecule has 4 rings (SSSR count). The van der Waals surface area contributed by atoms with Crippen molar-refractivity contribution >= 4 is 27.6 Å². The van der Waals surface area contributed by atoms with E-state index in [9.17, 15) is 8.42 Å². The molecular formula is C24H26ClN7O5S. The number of para-hydroxylation sites is 1. The quantitative estimate of drug-likeness (QED) is 0.289. The highest BCUT2D eigenvalue weighted by atomic mass is 35.5. The third kappa shape index (κ3) is 5.54. The molecule has 0 amide bonds. The molecule has 0 saturated carbocycles. The highest BCUT2D eigenvalue weighted by Gasteiger charge is 2.35. The van der Waals surface area contributed by atoms with Crippen LogP contribution in [-0.2, 0) is 14.8 Å². The van der Waals surface area contributed by atoms with Gasteiger partial charge in [-0.1, -0.05) is 17.7 Å². The average molecular weight is 560 g/mol. The maximum atomic E-state index is 13.7. The number of methoxy groups -OCH3 is 2. The number of anilines is 1. The number of hydrogen-bond acceptors (Lipinski definition) is 10. The minimum Gasteiger partial charge on any atom is -0.494 e. The Morgan fingerprint density at radius 2 is 1.71 bits per heavy atom. The molecule has 0 fully saturated rings. The lowest BCUT2D eigenvalue weighted by atomic mass is 10.2. The number of aromatic nitrogens is 6. The molecule has 1 aromatic carbocycles. The van der Waals surface area contributed by atoms with Crippen LogP contribution in [0.5, 0.6) is 11.5 Å². The Bertz CT molecular complexity index is 1460. The molecule has 0 saturated heterocycles. The van der Waals surface area contributed by atoms with Gasteiger partial charge in [-0.05, 0) is 38.1 Å². The summed E-state index contributed by atoms with van der Waals surface area (Å²) in [4.78, 5) is 12.5. The molecule has 0 radical (unpaired) electrons. The molecule has 0 aliphatic heterocycles. The van der Waals surface area contributed by atoms with Gasteiger partial charge in [-0.15, -0.1) is 10.2 Å². The molecule has 3 aromatic heterocycles. The summed E-state index contributed by atoms with van der Waals surface area (Å²) in [6.45, 7) is 3.48. The number of nitrogens with zero attached hydrogens (tertiary/aromatic N) is 6. The molecule has 12 nitrogen and oxygen atoms in total. The van der Waals surface area contributed by atoms with Gasteiger partial charge in [0.2, 0.25) is 16.0 Å². The van der Waals surface area contributed by atoms with Crippen LogP contribution in [0.1, 0.15) is 25.8 Å². The second-order valence-electron chi connectivity index (χ2n) is 7.92. The van der Waals surface area contributed by atoms with Crippen LogP contribution >= 0.6 is 11.6 Å². The van der Waals surface area contributed by atoms with E-state index in [1.54, 1.807) is 49.6 Å². The Hall–Kier alpha value is -3.81. The Morgan fingerprint density at radius 1 is 1.03 bits per heavy atom. The van der Waals surface area contributed by atoms with Gasteiger partial charge in [0.05, 0.1) is 19.2 Å². The molecule has 200 valence electrons. The number of benzene rings is 1. The number of sulfonamides is 1. The van der Waals surface area contributed by atoms with E-state index in [0.29, 0.717) is 33.6 Å². The Morgan fingerprint density at radius 3 is 2.29 bits per heavy atom. The number of hydrogen-bond donors (Lipinski definition) is 1. The number of rotatable bonds is 11. The summed E-state index contributed by atoms with van der Waals surface area (Å²) in [6, 6.07) is 8.70. The normalized spacial score (nSPS) is 13.1. The van der Waals surface area contributed by atoms with Crippen LogP contribution in [0.15, 0.2) is 55.1 Å². The van der Waals surface area contributed by atoms with Gasteiger partial charge >= 0.3 is 0 Å². The van der Waals surface area contributed by atoms with Crippen molar-refractivity contribution in [1.29, 1.82) is 0 Å². The van der Waals surface area contributed by atoms with E-state index in [-0.39, 0.29) is 18.4 Å². The molecule has 0 bridgehead atoms. The molecule has 4 aromatic rings. The van der Waals surface area contributed by atoms with Crippen molar-refractivity contribution in [1.82, 2.24) is 29.7 Å². The summed E-state index contributed by atoms with van der Waals surface area (Å²) in [5.74, 6) is 1.21. The molecule has 0 aliphatic carbocycles. The van der Waals surface area contributed by atoms with Gasteiger partial charge in [0.15, 0.2) is 11.6 Å². The van der Waals surface area contributed by atoms with Gasteiger partial charge in [0.1, 0.15) is 28.5 Å². The van der Waals surface area contributed by atoms with Crippen molar-refractivity contribution < 1.29 is 22.6 Å². The third-order valence-corrected chi connectivity index (χ3v) is 7.49. The monoisotopic (exact) mass is 559 g/mol. The number of pyridine rings is 1. The van der Waals surface area contributed by atoms with E-state index >= 15 is 0 Å². The Labute approximate surface area is 225 Å². The lowest BCUT2D eigenvalue weighted by Gasteiger charge is -2.23. The first-order valence-electron chi connectivity index (χ1n) is 11.5. The van der Waals surface area contributed by atoms with Crippen LogP contribution in [0, 0.1) is 0 Å². The first kappa shape index (κ1) is 27.2. The van der Waals surface area contributed by atoms with Crippen molar-refractivity contribution in [2.45, 2.75) is 25.2 Å². The van der Waals surface area contributed by atoms with Gasteiger partial charge in [-0.25, -0.2) is 18.4 Å². The summed E-state index contributed by atoms with van der Waals surface area (Å²) < 4.78 is 48.3. The SMILES string of the molecule is CCO[C@H](c1ncc(Cl)cn1)[C@H](C)S(=O)(=O)Nc1nnc(-c2cccnc2)n1-c1c(OC)cccc1OC. The molecule has 0 aliphatic rings. The van der Waals surface area contributed by atoms with Crippen molar-refractivity contribution in [3.8, 4) is 28.6 Å². The summed E-state index contributed by atoms with van der Waals surface area (Å²) in [5, 5.41) is 7.63. The van der Waals surface area contributed by atoms with E-state index in [1.165, 1.54) is 38.1 Å². The van der Waals surface area contributed by atoms with Crippen LogP contribution in [-0.4, -0.2) is 64.2 Å². The smallest absolute Gasteiger partial charge is 0.243 e. The first-order valence-corrected chi connectivity index (χ1v) is 13.4. The molecule has 1 N–H and O–H groups in total. The highest BCUT2D eigenvalue weighted by molar-refractivity contribution is 7.93. The zero-order chi connectivity index (χ0) is 27.3. The van der Waals surface area contributed by atoms with E-state index < -0.39 is 21.4 Å². The zero-order valence-electron chi connectivity index (χ0n) is 21.1. The fourth-order valence-corrected chi connectivity index (χ4v) is 4.94. The van der Waals surface area contributed by atoms with Crippen molar-refractivity contribution in [3.05, 3.63) is 66.0 Å². The van der Waals surface area contributed by atoms with E-state index in [0.717, 1.165) is 0 Å². The molecule has 2 atom stereocenters. The molecule has 0 spiro atoms. The number of ether oxygens (including phenoxy) is 3. The van der Waals surface area contributed by atoms with Crippen molar-refractivity contribution in [2.75, 3.05) is 25.5 Å². The minimum absolute atomic E-state index is 0.0919. The standard InChI is InChI=1S/C24H26ClN7O5S/c1-5-37-21(22-27-13-17(25)14-28-22)15(2)38(33,34)31-24-30-29-23(16-8-7-11-26-12-16)32(24)20-18(35-3)9-6-10-19(20)36-4/h6-15,21H,5H2,1-4H3,(H,30,31)/t15-,21-/m0/s1. The summed E-state index contributed by atoms with van der Waals surface area (Å²) in [7, 11) is -1.15. The molecule has 0 unspecified atom stereocenters. The lowest BCUT2D eigenvalue weighted by Crippen LogP contribution is -2.34. The minimum atomic E-state index is -4.14. The van der Waals surface area contributed by atoms with Gasteiger partial charge in [-0.3, -0.25) is 14.3 Å². The molecule has 3 heterocycles. The summed E-state index contributed by atoms with van der Waals surface area (Å²) in [5.41, 5.74) is 0.988. The highest BCUT2D eigenvalue weighted by Crippen LogP contribution is 2.38. The Balaban J connectivity index is 1.83. The topological polar surface area (TPSA) is 143 Å². The Kier molecular flexibility index (Phi) is 8.39. The lowest BCUT2D eigenvalue weighted by molar-refractivity contribution is 0.0558. The van der Waals surface area contributed by atoms with E-state index in [4.69, 9.17) is 25.8 Å². The first-order chi connectivity index (χ1) is 18.3. The second-order valence-corrected chi connectivity index (χ2v) is 10.4. The van der Waals surface area contributed by atoms with Gasteiger partial charge < -0.3 is 14.2 Å². The fourth-order valence-electron chi connectivity index (χ4n) is 3.75. The summed E-state index contributed by atoms with van der Waals surface area (Å²) >= 11 is 5.91. The second kappa shape index (κ2) is 11.7. The van der Waals surface area contributed by atoms with Crippen molar-refractivity contribution in [2.24, 2.45) is 0 Å². The number of halogens is 1. The third-order valence-electron chi connectivity index (χ3n) is 5.60. The van der Waals surface area contributed by atoms with Gasteiger partial charge in [0.25, 0.3) is 0 Å². The largest absolute Gasteiger partial charge is 0.494 e. The van der Waals surface area contributed by atoms with Crippen molar-refractivity contribution in [3.63, 3.8) is 0 Å². The van der Waals surface area contributed by atoms with Crippen LogP contribution in [0.2, 0.25) is 5.02 Å².